The first-order chi connectivity index (χ1) is 14.9. The van der Waals surface area contributed by atoms with Gasteiger partial charge in [0.05, 0.1) is 34.3 Å². The Morgan fingerprint density at radius 1 is 1.00 bits per heavy atom. The number of para-hydroxylation sites is 3. The van der Waals surface area contributed by atoms with Crippen molar-refractivity contribution in [1.29, 1.82) is 0 Å². The maximum absolute atomic E-state index is 12.9. The van der Waals surface area contributed by atoms with Crippen LogP contribution in [0.1, 0.15) is 45.6 Å². The first kappa shape index (κ1) is 20.8. The van der Waals surface area contributed by atoms with Crippen LogP contribution in [0, 0.1) is 5.92 Å². The predicted octanol–water partition coefficient (Wildman–Crippen LogP) is 3.84. The molecular formula is C24H27N5O2. The van der Waals surface area contributed by atoms with Gasteiger partial charge in [0.1, 0.15) is 12.4 Å². The van der Waals surface area contributed by atoms with Crippen LogP contribution < -0.4 is 10.9 Å². The molecule has 2 aromatic carbocycles. The van der Waals surface area contributed by atoms with Gasteiger partial charge in [0.2, 0.25) is 5.91 Å². The van der Waals surface area contributed by atoms with E-state index in [0.717, 1.165) is 16.9 Å². The number of hydrogen-bond donors (Lipinski definition) is 1. The van der Waals surface area contributed by atoms with Crippen LogP contribution in [-0.4, -0.2) is 25.0 Å². The second-order valence-electron chi connectivity index (χ2n) is 8.41. The largest absolute Gasteiger partial charge is 0.344 e. The number of nitrogens with zero attached hydrogens (tertiary/aromatic N) is 4. The molecule has 0 saturated heterocycles. The van der Waals surface area contributed by atoms with Gasteiger partial charge in [-0.05, 0) is 44.0 Å². The van der Waals surface area contributed by atoms with Gasteiger partial charge >= 0.3 is 0 Å². The van der Waals surface area contributed by atoms with Gasteiger partial charge in [-0.3, -0.25) is 14.2 Å². The van der Waals surface area contributed by atoms with E-state index in [1.165, 1.54) is 10.9 Å². The topological polar surface area (TPSA) is 81.8 Å². The monoisotopic (exact) mass is 417 g/mol. The lowest BCUT2D eigenvalue weighted by molar-refractivity contribution is -0.122. The van der Waals surface area contributed by atoms with Gasteiger partial charge < -0.3 is 9.88 Å². The number of hydrogen-bond acceptors (Lipinski definition) is 4. The molecule has 1 N–H and O–H groups in total. The van der Waals surface area contributed by atoms with Gasteiger partial charge in [-0.1, -0.05) is 38.1 Å². The zero-order valence-corrected chi connectivity index (χ0v) is 18.2. The fourth-order valence-corrected chi connectivity index (χ4v) is 3.95. The van der Waals surface area contributed by atoms with Crippen LogP contribution in [0.3, 0.4) is 0 Å². The Labute approximate surface area is 180 Å². The zero-order chi connectivity index (χ0) is 22.1. The van der Waals surface area contributed by atoms with Crippen molar-refractivity contribution in [3.05, 3.63) is 71.0 Å². The van der Waals surface area contributed by atoms with Crippen molar-refractivity contribution in [1.82, 2.24) is 24.4 Å². The summed E-state index contributed by atoms with van der Waals surface area (Å²) in [5, 5.41) is 3.60. The van der Waals surface area contributed by atoms with Crippen molar-refractivity contribution in [3.8, 4) is 0 Å². The lowest BCUT2D eigenvalue weighted by Crippen LogP contribution is -2.38. The smallest absolute Gasteiger partial charge is 0.261 e. The lowest BCUT2D eigenvalue weighted by atomic mass is 10.0. The minimum atomic E-state index is -0.286. The van der Waals surface area contributed by atoms with Gasteiger partial charge in [-0.15, -0.1) is 0 Å². The van der Waals surface area contributed by atoms with Gasteiger partial charge in [0.25, 0.3) is 5.56 Å². The summed E-state index contributed by atoms with van der Waals surface area (Å²) in [4.78, 5) is 34.8. The van der Waals surface area contributed by atoms with E-state index in [4.69, 9.17) is 4.98 Å². The number of amides is 1. The number of carbonyl (C=O) groups is 1. The van der Waals surface area contributed by atoms with Crippen molar-refractivity contribution in [2.45, 2.75) is 46.3 Å². The maximum atomic E-state index is 12.9. The summed E-state index contributed by atoms with van der Waals surface area (Å²) in [6.07, 6.45) is 1.43. The molecule has 2 aromatic heterocycles. The number of aromatic nitrogens is 4. The van der Waals surface area contributed by atoms with Crippen LogP contribution in [0.4, 0.5) is 0 Å². The van der Waals surface area contributed by atoms with E-state index < -0.39 is 0 Å². The van der Waals surface area contributed by atoms with E-state index in [9.17, 15) is 9.59 Å². The highest BCUT2D eigenvalue weighted by atomic mass is 16.2. The average Bonchev–Trinajstić information content (AvgIpc) is 3.13. The van der Waals surface area contributed by atoms with Gasteiger partial charge in [-0.25, -0.2) is 9.97 Å². The normalized spacial score (nSPS) is 12.7. The molecule has 0 bridgehead atoms. The molecule has 0 unspecified atom stereocenters. The van der Waals surface area contributed by atoms with E-state index in [1.807, 2.05) is 30.3 Å². The Hall–Kier alpha value is -3.48. The molecular weight excluding hydrogens is 390 g/mol. The molecule has 0 radical (unpaired) electrons. The van der Waals surface area contributed by atoms with E-state index in [1.54, 1.807) is 18.2 Å². The molecule has 0 fully saturated rings. The fourth-order valence-electron chi connectivity index (χ4n) is 3.95. The molecule has 0 spiro atoms. The molecule has 7 nitrogen and oxygen atoms in total. The van der Waals surface area contributed by atoms with Crippen molar-refractivity contribution in [3.63, 3.8) is 0 Å². The van der Waals surface area contributed by atoms with E-state index in [-0.39, 0.29) is 36.0 Å². The minimum absolute atomic E-state index is 0.0954. The van der Waals surface area contributed by atoms with Crippen LogP contribution in [0.15, 0.2) is 59.7 Å². The average molecular weight is 418 g/mol. The van der Waals surface area contributed by atoms with Crippen molar-refractivity contribution in [2.75, 3.05) is 0 Å². The molecule has 2 heterocycles. The van der Waals surface area contributed by atoms with Crippen molar-refractivity contribution < 1.29 is 4.79 Å². The lowest BCUT2D eigenvalue weighted by Gasteiger charge is -2.25. The second-order valence-corrected chi connectivity index (χ2v) is 8.41. The van der Waals surface area contributed by atoms with Crippen molar-refractivity contribution in [2.24, 2.45) is 5.92 Å². The highest BCUT2D eigenvalue weighted by molar-refractivity contribution is 5.80. The molecule has 1 atom stereocenters. The molecule has 31 heavy (non-hydrogen) atoms. The highest BCUT2D eigenvalue weighted by Gasteiger charge is 2.26. The summed E-state index contributed by atoms with van der Waals surface area (Å²) < 4.78 is 3.52. The molecule has 4 aromatic rings. The van der Waals surface area contributed by atoms with Crippen LogP contribution in [0.5, 0.6) is 0 Å². The second kappa shape index (κ2) is 8.34. The Kier molecular flexibility index (Phi) is 5.59. The summed E-state index contributed by atoms with van der Waals surface area (Å²) in [6, 6.07) is 15.0. The van der Waals surface area contributed by atoms with Crippen molar-refractivity contribution >= 4 is 27.8 Å². The molecule has 0 aliphatic carbocycles. The molecule has 0 saturated carbocycles. The van der Waals surface area contributed by atoms with E-state index in [0.29, 0.717) is 10.9 Å². The van der Waals surface area contributed by atoms with Gasteiger partial charge in [0, 0.05) is 6.04 Å². The molecule has 4 rings (SSSR count). The fraction of sp³-hybridized carbons (Fsp3) is 0.333. The Morgan fingerprint density at radius 3 is 2.39 bits per heavy atom. The standard InChI is InChI=1S/C24H27N5O2/c1-15(2)22(23-26-19-11-7-8-12-20(19)29(23)16(3)4)27-21(30)13-28-14-25-18-10-6-5-9-17(18)24(28)31/h5-12,14-16,22H,13H2,1-4H3,(H,27,30)/t22-/m0/s1. The summed E-state index contributed by atoms with van der Waals surface area (Å²) >= 11 is 0. The zero-order valence-electron chi connectivity index (χ0n) is 18.2. The minimum Gasteiger partial charge on any atom is -0.344 e. The molecule has 0 aliphatic rings. The van der Waals surface area contributed by atoms with Gasteiger partial charge in [-0.2, -0.15) is 0 Å². The summed E-state index contributed by atoms with van der Waals surface area (Å²) in [6.45, 7) is 8.23. The van der Waals surface area contributed by atoms with Crippen LogP contribution >= 0.6 is 0 Å². The summed E-state index contributed by atoms with van der Waals surface area (Å²) in [7, 11) is 0. The SMILES string of the molecule is CC(C)[C@H](NC(=O)Cn1cnc2ccccc2c1=O)c1nc2ccccc2n1C(C)C. The number of carbonyl (C=O) groups excluding carboxylic acids is 1. The quantitative estimate of drug-likeness (QED) is 0.517. The number of imidazole rings is 1. The summed E-state index contributed by atoms with van der Waals surface area (Å²) in [5.41, 5.74) is 2.34. The summed E-state index contributed by atoms with van der Waals surface area (Å²) in [5.74, 6) is 0.688. The number of rotatable bonds is 6. The Bertz CT molecular complexity index is 1300. The third-order valence-corrected chi connectivity index (χ3v) is 5.45. The van der Waals surface area contributed by atoms with Crippen LogP contribution in [0.2, 0.25) is 0 Å². The molecule has 0 aliphatic heterocycles. The Morgan fingerprint density at radius 2 is 1.68 bits per heavy atom. The molecule has 160 valence electrons. The highest BCUT2D eigenvalue weighted by Crippen LogP contribution is 2.28. The number of fused-ring (bicyclic) bond motifs is 2. The first-order valence-electron chi connectivity index (χ1n) is 10.6. The third kappa shape index (κ3) is 3.95. The predicted molar refractivity (Wildman–Crippen MR) is 122 cm³/mol. The van der Waals surface area contributed by atoms with E-state index in [2.05, 4.69) is 42.6 Å². The van der Waals surface area contributed by atoms with Crippen LogP contribution in [0.25, 0.3) is 21.9 Å². The molecule has 7 heteroatoms. The molecule has 1 amide bonds. The maximum Gasteiger partial charge on any atom is 0.261 e. The first-order valence-corrected chi connectivity index (χ1v) is 10.6. The number of benzene rings is 2. The van der Waals surface area contributed by atoms with Crippen LogP contribution in [-0.2, 0) is 11.3 Å². The van der Waals surface area contributed by atoms with Gasteiger partial charge in [0.15, 0.2) is 0 Å². The number of nitrogens with one attached hydrogen (secondary N) is 1. The Balaban J connectivity index is 1.65. The third-order valence-electron chi connectivity index (χ3n) is 5.45. The van der Waals surface area contributed by atoms with E-state index >= 15 is 0 Å².